The number of nitrogens with zero attached hydrogens (tertiary/aromatic N) is 3. The van der Waals surface area contributed by atoms with E-state index in [-0.39, 0.29) is 10.8 Å². The van der Waals surface area contributed by atoms with Gasteiger partial charge in [-0.05, 0) is 74.5 Å². The Morgan fingerprint density at radius 1 is 1.00 bits per heavy atom. The molecule has 0 saturated carbocycles. The Balaban J connectivity index is 1.30. The van der Waals surface area contributed by atoms with E-state index in [1.54, 1.807) is 53.9 Å². The van der Waals surface area contributed by atoms with E-state index in [1.165, 1.54) is 26.9 Å². The predicted octanol–water partition coefficient (Wildman–Crippen LogP) is 6.48. The molecule has 3 aromatic carbocycles. The Kier molecular flexibility index (Phi) is 7.18. The van der Waals surface area contributed by atoms with Crippen LogP contribution in [0.25, 0.3) is 20.8 Å². The van der Waals surface area contributed by atoms with Gasteiger partial charge in [-0.15, -0.1) is 22.7 Å². The Morgan fingerprint density at radius 2 is 1.73 bits per heavy atom. The second-order valence-corrected chi connectivity index (χ2v) is 13.7. The van der Waals surface area contributed by atoms with Gasteiger partial charge >= 0.3 is 0 Å². The van der Waals surface area contributed by atoms with Gasteiger partial charge < -0.3 is 10.2 Å². The van der Waals surface area contributed by atoms with Gasteiger partial charge in [0.2, 0.25) is 0 Å². The second-order valence-electron chi connectivity index (χ2n) is 9.67. The van der Waals surface area contributed by atoms with Crippen LogP contribution in [-0.2, 0) is 23.0 Å². The molecule has 204 valence electrons. The number of anilines is 2. The lowest BCUT2D eigenvalue weighted by atomic mass is 10.0. The van der Waals surface area contributed by atoms with Crippen LogP contribution in [-0.4, -0.2) is 44.3 Å². The lowest BCUT2D eigenvalue weighted by Crippen LogP contribution is -2.30. The number of amides is 1. The van der Waals surface area contributed by atoms with Crippen LogP contribution >= 0.6 is 22.7 Å². The number of carbonyl (C=O) groups is 1. The highest BCUT2D eigenvalue weighted by Gasteiger charge is 2.28. The molecule has 1 aliphatic heterocycles. The number of thiophene rings is 1. The van der Waals surface area contributed by atoms with Gasteiger partial charge in [-0.1, -0.05) is 30.3 Å². The van der Waals surface area contributed by atoms with Crippen molar-refractivity contribution in [3.05, 3.63) is 94.9 Å². The minimum absolute atomic E-state index is 0.138. The largest absolute Gasteiger partial charge is 0.313 e. The van der Waals surface area contributed by atoms with Crippen molar-refractivity contribution in [3.63, 3.8) is 0 Å². The quantitative estimate of drug-likeness (QED) is 0.235. The molecule has 0 aliphatic carbocycles. The molecule has 0 saturated heterocycles. The first kappa shape index (κ1) is 26.6. The van der Waals surface area contributed by atoms with Crippen LogP contribution in [0.3, 0.4) is 0 Å². The van der Waals surface area contributed by atoms with Crippen molar-refractivity contribution < 1.29 is 13.2 Å². The van der Waals surface area contributed by atoms with E-state index in [0.29, 0.717) is 17.8 Å². The maximum absolute atomic E-state index is 13.4. The summed E-state index contributed by atoms with van der Waals surface area (Å²) >= 11 is 3.23. The molecular formula is C30H28N4O3S3. The molecule has 7 nitrogen and oxygen atoms in total. The number of aromatic nitrogens is 1. The van der Waals surface area contributed by atoms with Gasteiger partial charge in [0.25, 0.3) is 15.9 Å². The van der Waals surface area contributed by atoms with Crippen LogP contribution in [0.5, 0.6) is 0 Å². The SMILES string of the molecule is CCN(c1ccccc1)S(=O)(=O)c1ccc(C(=O)Nc2sc3c(c2-c2nc4ccccc4s2)CCN(C)C3)cc1. The molecule has 5 aromatic rings. The standard InChI is InChI=1S/C30H28N4O3S3/c1-3-34(21-9-5-4-6-10-21)40(36,37)22-15-13-20(14-16-22)28(35)32-30-27(23-17-18-33(2)19-26(23)39-30)29-31-24-11-7-8-12-25(24)38-29/h4-16H,3,17-19H2,1-2H3,(H,32,35). The molecule has 1 amide bonds. The summed E-state index contributed by atoms with van der Waals surface area (Å²) in [6.07, 6.45) is 0.894. The highest BCUT2D eigenvalue weighted by molar-refractivity contribution is 7.92. The third kappa shape index (κ3) is 4.92. The van der Waals surface area contributed by atoms with Crippen molar-refractivity contribution in [2.24, 2.45) is 0 Å². The molecule has 6 rings (SSSR count). The molecular weight excluding hydrogens is 561 g/mol. The van der Waals surface area contributed by atoms with Crippen molar-refractivity contribution in [2.45, 2.75) is 24.8 Å². The van der Waals surface area contributed by atoms with Gasteiger partial charge in [-0.2, -0.15) is 0 Å². The summed E-state index contributed by atoms with van der Waals surface area (Å²) in [4.78, 5) is 22.0. The van der Waals surface area contributed by atoms with Crippen LogP contribution in [0.15, 0.2) is 83.8 Å². The Hall–Kier alpha value is -3.57. The van der Waals surface area contributed by atoms with Crippen LogP contribution in [0.4, 0.5) is 10.7 Å². The molecule has 3 heterocycles. The van der Waals surface area contributed by atoms with Crippen LogP contribution in [0.2, 0.25) is 0 Å². The van der Waals surface area contributed by atoms with Crippen molar-refractivity contribution in [2.75, 3.05) is 29.8 Å². The zero-order valence-corrected chi connectivity index (χ0v) is 24.6. The first-order valence-electron chi connectivity index (χ1n) is 13.0. The van der Waals surface area contributed by atoms with Gasteiger partial charge in [-0.25, -0.2) is 13.4 Å². The molecule has 1 aliphatic rings. The van der Waals surface area contributed by atoms with Crippen LogP contribution < -0.4 is 9.62 Å². The minimum atomic E-state index is -3.78. The highest BCUT2D eigenvalue weighted by atomic mass is 32.2. The van der Waals surface area contributed by atoms with Crippen LogP contribution in [0.1, 0.15) is 27.7 Å². The highest BCUT2D eigenvalue weighted by Crippen LogP contribution is 2.45. The fourth-order valence-electron chi connectivity index (χ4n) is 4.99. The van der Waals surface area contributed by atoms with Crippen molar-refractivity contribution >= 4 is 59.5 Å². The average molecular weight is 589 g/mol. The van der Waals surface area contributed by atoms with Crippen molar-refractivity contribution in [3.8, 4) is 10.6 Å². The van der Waals surface area contributed by atoms with Gasteiger partial charge in [0.05, 0.1) is 20.8 Å². The van der Waals surface area contributed by atoms with E-state index in [0.717, 1.165) is 45.3 Å². The van der Waals surface area contributed by atoms with Gasteiger partial charge in [-0.3, -0.25) is 9.10 Å². The summed E-state index contributed by atoms with van der Waals surface area (Å²) in [6.45, 7) is 3.87. The fourth-order valence-corrected chi connectivity index (χ4v) is 8.90. The molecule has 10 heteroatoms. The summed E-state index contributed by atoms with van der Waals surface area (Å²) in [5, 5.41) is 4.81. The third-order valence-electron chi connectivity index (χ3n) is 7.02. The Bertz CT molecular complexity index is 1760. The zero-order valence-electron chi connectivity index (χ0n) is 22.1. The lowest BCUT2D eigenvalue weighted by Gasteiger charge is -2.23. The summed E-state index contributed by atoms with van der Waals surface area (Å²) in [5.41, 5.74) is 4.19. The molecule has 0 spiro atoms. The summed E-state index contributed by atoms with van der Waals surface area (Å²) in [6, 6.07) is 23.2. The number of thiazole rings is 1. The number of fused-ring (bicyclic) bond motifs is 2. The Morgan fingerprint density at radius 3 is 2.45 bits per heavy atom. The third-order valence-corrected chi connectivity index (χ3v) is 11.1. The Labute approximate surface area is 241 Å². The van der Waals surface area contributed by atoms with Crippen molar-refractivity contribution in [1.29, 1.82) is 0 Å². The number of carbonyl (C=O) groups excluding carboxylic acids is 1. The molecule has 2 aromatic heterocycles. The number of hydrogen-bond acceptors (Lipinski definition) is 7. The number of rotatable bonds is 7. The van der Waals surface area contributed by atoms with E-state index >= 15 is 0 Å². The van der Waals surface area contributed by atoms with E-state index in [9.17, 15) is 13.2 Å². The van der Waals surface area contributed by atoms with Crippen LogP contribution in [0, 0.1) is 0 Å². The number of sulfonamides is 1. The summed E-state index contributed by atoms with van der Waals surface area (Å²) in [7, 11) is -1.67. The predicted molar refractivity (Wildman–Crippen MR) is 164 cm³/mol. The number of nitrogens with one attached hydrogen (secondary N) is 1. The smallest absolute Gasteiger partial charge is 0.264 e. The summed E-state index contributed by atoms with van der Waals surface area (Å²) in [5.74, 6) is -0.284. The van der Waals surface area contributed by atoms with Gasteiger partial charge in [0.1, 0.15) is 10.0 Å². The number of benzene rings is 3. The normalized spacial score (nSPS) is 13.8. The van der Waals surface area contributed by atoms with E-state index in [2.05, 4.69) is 23.3 Å². The van der Waals surface area contributed by atoms with E-state index < -0.39 is 10.0 Å². The van der Waals surface area contributed by atoms with Gasteiger partial charge in [0, 0.05) is 35.6 Å². The molecule has 0 bridgehead atoms. The average Bonchev–Trinajstić information content (AvgIpc) is 3.54. The molecule has 1 N–H and O–H groups in total. The summed E-state index contributed by atoms with van der Waals surface area (Å²) < 4.78 is 29.2. The molecule has 0 fully saturated rings. The zero-order chi connectivity index (χ0) is 27.9. The van der Waals surface area contributed by atoms with Gasteiger partial charge in [0.15, 0.2) is 0 Å². The molecule has 0 radical (unpaired) electrons. The second kappa shape index (κ2) is 10.8. The maximum atomic E-state index is 13.4. The maximum Gasteiger partial charge on any atom is 0.264 e. The minimum Gasteiger partial charge on any atom is -0.313 e. The lowest BCUT2D eigenvalue weighted by molar-refractivity contribution is 0.102. The molecule has 0 atom stereocenters. The van der Waals surface area contributed by atoms with E-state index in [1.807, 2.05) is 36.4 Å². The monoisotopic (exact) mass is 588 g/mol. The number of para-hydroxylation sites is 2. The first-order chi connectivity index (χ1) is 19.3. The first-order valence-corrected chi connectivity index (χ1v) is 16.1. The number of likely N-dealkylation sites (N-methyl/N-ethyl adjacent to an activating group) is 1. The van der Waals surface area contributed by atoms with Crippen molar-refractivity contribution in [1.82, 2.24) is 9.88 Å². The molecule has 40 heavy (non-hydrogen) atoms. The number of hydrogen-bond donors (Lipinski definition) is 1. The fraction of sp³-hybridized carbons (Fsp3) is 0.200. The van der Waals surface area contributed by atoms with E-state index in [4.69, 9.17) is 4.98 Å². The molecule has 0 unspecified atom stereocenters. The topological polar surface area (TPSA) is 82.6 Å².